The second-order valence-electron chi connectivity index (χ2n) is 15.3. The number of nitriles is 1. The Bertz CT molecular complexity index is 2170. The minimum Gasteiger partial charge on any atom is -0.504 e. The molecule has 3 aromatic carbocycles. The maximum atomic E-state index is 14.8. The minimum atomic E-state index is -1.27. The van der Waals surface area contributed by atoms with E-state index in [1.165, 1.54) is 7.11 Å². The van der Waals surface area contributed by atoms with Gasteiger partial charge in [-0.25, -0.2) is 4.79 Å². The van der Waals surface area contributed by atoms with Gasteiger partial charge in [-0.2, -0.15) is 5.26 Å². The van der Waals surface area contributed by atoms with Crippen LogP contribution in [0.3, 0.4) is 0 Å². The Morgan fingerprint density at radius 1 is 1.00 bits per heavy atom. The Hall–Kier alpha value is -4.55. The van der Waals surface area contributed by atoms with Crippen LogP contribution in [0.1, 0.15) is 75.7 Å². The van der Waals surface area contributed by atoms with Gasteiger partial charge in [0.15, 0.2) is 40.0 Å². The summed E-state index contributed by atoms with van der Waals surface area (Å²) in [4.78, 5) is 19.5. The lowest BCUT2D eigenvalue weighted by molar-refractivity contribution is -0.157. The number of nitrogens with zero attached hydrogens (tertiary/aromatic N) is 3. The van der Waals surface area contributed by atoms with Gasteiger partial charge < -0.3 is 38.3 Å². The molecule has 7 aliphatic heterocycles. The van der Waals surface area contributed by atoms with Crippen LogP contribution in [0.2, 0.25) is 0 Å². The first kappa shape index (κ1) is 37.1. The maximum Gasteiger partial charge on any atom is 0.331 e. The number of ether oxygens (including phenoxy) is 7. The smallest absolute Gasteiger partial charge is 0.331 e. The number of carbonyl (C=O) groups is 1. The van der Waals surface area contributed by atoms with Crippen LogP contribution < -0.4 is 33.7 Å². The number of rotatable bonds is 6. The van der Waals surface area contributed by atoms with Crippen molar-refractivity contribution in [1.29, 1.82) is 5.26 Å². The lowest BCUT2D eigenvalue weighted by Gasteiger charge is -2.62. The average molecular weight is 785 g/mol. The first-order valence-corrected chi connectivity index (χ1v) is 20.4. The number of carbonyl (C=O) groups excluding carboxylic acids is 1. The summed E-state index contributed by atoms with van der Waals surface area (Å²) in [5.74, 6) is 3.51. The Labute approximate surface area is 331 Å². The molecule has 2 saturated heterocycles. The van der Waals surface area contributed by atoms with E-state index in [0.29, 0.717) is 55.4 Å². The van der Waals surface area contributed by atoms with Gasteiger partial charge in [-0.3, -0.25) is 15.1 Å². The summed E-state index contributed by atoms with van der Waals surface area (Å²) in [5.41, 5.74) is 6.12. The number of esters is 1. The van der Waals surface area contributed by atoms with Gasteiger partial charge in [-0.1, -0.05) is 6.07 Å². The van der Waals surface area contributed by atoms with Crippen LogP contribution in [0.4, 0.5) is 0 Å². The fourth-order valence-electron chi connectivity index (χ4n) is 10.5. The number of methoxy groups -OCH3 is 2. The first-order valence-electron chi connectivity index (χ1n) is 19.4. The van der Waals surface area contributed by atoms with Crippen LogP contribution in [0.5, 0.6) is 40.2 Å². The van der Waals surface area contributed by atoms with Crippen molar-refractivity contribution in [3.8, 4) is 46.3 Å². The molecule has 7 atom stereocenters. The van der Waals surface area contributed by atoms with Crippen LogP contribution in [-0.4, -0.2) is 99.2 Å². The molecule has 14 heteroatoms. The molecule has 2 fully saturated rings. The third-order valence-electron chi connectivity index (χ3n) is 12.7. The highest BCUT2D eigenvalue weighted by atomic mass is 32.2. The van der Waals surface area contributed by atoms with Crippen LogP contribution in [0.25, 0.3) is 0 Å². The standard InChI is InChI=1S/C42H48N4O9S/c1-8-51-36-21(4)37-39(55-19-54-37)31-27-17-53-41(48)42(24-15-29(49-6)28(47)14-22(24)10-11-44-42)18-56-40(32(31)36)34-33-30-23(12-20(3)35(50-7)38(30)52-9-2)13-25(45(33)5)26(16-43)46(27)34/h12,14-15,25-27,33-34,40,44,47H,8-11,13,17-19H2,1-7H3/t25-,26-,27-,33+,34?,40+,42+/m0/s1. The first-order chi connectivity index (χ1) is 27.1. The largest absolute Gasteiger partial charge is 0.504 e. The average Bonchev–Trinajstić information content (AvgIpc) is 3.68. The number of likely N-dealkylation sites (N-methyl/N-ethyl adjacent to an activating group) is 1. The van der Waals surface area contributed by atoms with E-state index in [1.54, 1.807) is 31.0 Å². The zero-order chi connectivity index (χ0) is 39.2. The van der Waals surface area contributed by atoms with Crippen molar-refractivity contribution in [2.75, 3.05) is 60.2 Å². The lowest BCUT2D eigenvalue weighted by atomic mass is 9.71. The molecule has 3 aromatic rings. The third kappa shape index (κ3) is 5.06. The summed E-state index contributed by atoms with van der Waals surface area (Å²) in [6.45, 7) is 9.37. The summed E-state index contributed by atoms with van der Waals surface area (Å²) in [5, 5.41) is 25.3. The summed E-state index contributed by atoms with van der Waals surface area (Å²) in [6, 6.07) is 6.47. The van der Waals surface area contributed by atoms with Crippen molar-refractivity contribution in [1.82, 2.24) is 15.1 Å². The fraction of sp³-hybridized carbons (Fsp3) is 0.524. The van der Waals surface area contributed by atoms with Crippen molar-refractivity contribution in [2.24, 2.45) is 0 Å². The number of hydrogen-bond donors (Lipinski definition) is 2. The normalized spacial score (nSPS) is 28.6. The third-order valence-corrected chi connectivity index (χ3v) is 14.2. The molecule has 0 aromatic heterocycles. The number of thioether (sulfide) groups is 1. The van der Waals surface area contributed by atoms with Crippen LogP contribution >= 0.6 is 11.8 Å². The van der Waals surface area contributed by atoms with Crippen molar-refractivity contribution in [3.63, 3.8) is 0 Å². The van der Waals surface area contributed by atoms with Gasteiger partial charge >= 0.3 is 5.97 Å². The Kier molecular flexibility index (Phi) is 9.15. The summed E-state index contributed by atoms with van der Waals surface area (Å²) in [6.07, 6.45) is 1.24. The molecule has 2 N–H and O–H groups in total. The molecule has 7 heterocycles. The van der Waals surface area contributed by atoms with E-state index >= 15 is 0 Å². The van der Waals surface area contributed by atoms with Crippen molar-refractivity contribution in [3.05, 3.63) is 62.7 Å². The number of hydrogen-bond acceptors (Lipinski definition) is 14. The van der Waals surface area contributed by atoms with Crippen molar-refractivity contribution in [2.45, 2.75) is 81.5 Å². The van der Waals surface area contributed by atoms with Gasteiger partial charge in [0.25, 0.3) is 0 Å². The van der Waals surface area contributed by atoms with E-state index in [-0.39, 0.29) is 54.0 Å². The molecule has 56 heavy (non-hydrogen) atoms. The molecule has 7 aliphatic rings. The predicted octanol–water partition coefficient (Wildman–Crippen LogP) is 5.15. The Morgan fingerprint density at radius 2 is 1.77 bits per heavy atom. The van der Waals surface area contributed by atoms with E-state index in [4.69, 9.17) is 33.2 Å². The highest BCUT2D eigenvalue weighted by Crippen LogP contribution is 2.64. The Balaban J connectivity index is 1.33. The zero-order valence-corrected chi connectivity index (χ0v) is 33.6. The highest BCUT2D eigenvalue weighted by molar-refractivity contribution is 7.99. The number of nitrogens with one attached hydrogen (secondary N) is 1. The van der Waals surface area contributed by atoms with Crippen molar-refractivity contribution < 1.29 is 43.1 Å². The lowest BCUT2D eigenvalue weighted by Crippen LogP contribution is -2.69. The second kappa shape index (κ2) is 13.8. The SMILES string of the molecule is CCOc1c(C)c2c(c3c1[C@H]1SC[C@]4(NCCc5cc(O)c(OC)cc54)C(=O)OC[C@@H]3N3C1[C@H]1c4c(cc(C)c(OC)c4OCC)C[C@@H]([C@@H]3C#N)N1C)OCO2. The van der Waals surface area contributed by atoms with Gasteiger partial charge in [0.2, 0.25) is 6.79 Å². The number of benzene rings is 3. The topological polar surface area (TPSA) is 144 Å². The monoisotopic (exact) mass is 784 g/mol. The number of fused-ring (bicyclic) bond motifs is 9. The predicted molar refractivity (Wildman–Crippen MR) is 207 cm³/mol. The molecule has 0 radical (unpaired) electrons. The molecule has 0 amide bonds. The Morgan fingerprint density at radius 3 is 2.50 bits per heavy atom. The van der Waals surface area contributed by atoms with Gasteiger partial charge in [0.05, 0.1) is 50.8 Å². The molecule has 10 rings (SSSR count). The zero-order valence-electron chi connectivity index (χ0n) is 32.8. The van der Waals surface area contributed by atoms with Crippen molar-refractivity contribution >= 4 is 17.7 Å². The van der Waals surface area contributed by atoms with Crippen LogP contribution in [0, 0.1) is 25.2 Å². The highest BCUT2D eigenvalue weighted by Gasteiger charge is 2.62. The van der Waals surface area contributed by atoms with Gasteiger partial charge in [0.1, 0.15) is 18.4 Å². The quantitative estimate of drug-likeness (QED) is 0.318. The number of phenols is 1. The summed E-state index contributed by atoms with van der Waals surface area (Å²) >= 11 is 1.64. The molecule has 13 nitrogen and oxygen atoms in total. The molecule has 296 valence electrons. The van der Waals surface area contributed by atoms with Gasteiger partial charge in [0, 0.05) is 46.6 Å². The number of phenolic OH excluding ortho intramolecular Hbond substituents is 1. The molecular weight excluding hydrogens is 737 g/mol. The molecule has 0 aliphatic carbocycles. The molecule has 1 spiro atoms. The maximum absolute atomic E-state index is 14.8. The van der Waals surface area contributed by atoms with E-state index in [2.05, 4.69) is 34.3 Å². The van der Waals surface area contributed by atoms with E-state index in [1.807, 2.05) is 27.7 Å². The summed E-state index contributed by atoms with van der Waals surface area (Å²) in [7, 11) is 5.30. The minimum absolute atomic E-state index is 0.0230. The number of aryl methyl sites for hydroxylation is 1. The van der Waals surface area contributed by atoms with E-state index in [9.17, 15) is 15.2 Å². The number of aromatic hydroxyl groups is 1. The van der Waals surface area contributed by atoms with Crippen LogP contribution in [0.15, 0.2) is 18.2 Å². The fourth-order valence-corrected chi connectivity index (χ4v) is 12.2. The van der Waals surface area contributed by atoms with E-state index in [0.717, 1.165) is 50.4 Å². The van der Waals surface area contributed by atoms with E-state index < -0.39 is 23.6 Å². The molecule has 1 unspecified atom stereocenters. The molecule has 4 bridgehead atoms. The van der Waals surface area contributed by atoms with Gasteiger partial charge in [-0.15, -0.1) is 11.8 Å². The second-order valence-corrected chi connectivity index (χ2v) is 16.5. The molecular formula is C42H48N4O9S. The molecule has 0 saturated carbocycles. The van der Waals surface area contributed by atoms with Crippen LogP contribution in [-0.2, 0) is 27.9 Å². The number of piperazine rings is 1. The van der Waals surface area contributed by atoms with Gasteiger partial charge in [-0.05, 0) is 82.0 Å². The summed E-state index contributed by atoms with van der Waals surface area (Å²) < 4.78 is 43.8.